The molecule has 5 rings (SSSR count). The molecule has 5 N–H and O–H groups in total. The lowest BCUT2D eigenvalue weighted by atomic mass is 9.44. The molecule has 1 unspecified atom stereocenters. The average Bonchev–Trinajstić information content (AvgIpc) is 3.17. The van der Waals surface area contributed by atoms with Crippen LogP contribution in [0.5, 0.6) is 0 Å². The first kappa shape index (κ1) is 25.9. The highest BCUT2D eigenvalue weighted by Crippen LogP contribution is 2.67. The minimum Gasteiger partial charge on any atom is -0.479 e. The Labute approximate surface area is 208 Å². The Kier molecular flexibility index (Phi) is 6.80. The van der Waals surface area contributed by atoms with Crippen molar-refractivity contribution in [1.29, 1.82) is 0 Å². The number of aliphatic hydroxyl groups excluding tert-OH is 4. The molecule has 1 heterocycles. The van der Waals surface area contributed by atoms with E-state index in [2.05, 4.69) is 13.8 Å². The minimum atomic E-state index is -1.70. The molecule has 1 aliphatic heterocycles. The summed E-state index contributed by atoms with van der Waals surface area (Å²) >= 11 is 0. The van der Waals surface area contributed by atoms with E-state index in [1.165, 1.54) is 25.7 Å². The van der Waals surface area contributed by atoms with Gasteiger partial charge in [-0.05, 0) is 105 Å². The number of carboxylic acids is 1. The fourth-order valence-electron chi connectivity index (χ4n) is 9.53. The molecule has 1 saturated heterocycles. The highest BCUT2D eigenvalue weighted by molar-refractivity contribution is 5.73. The molecule has 200 valence electrons. The van der Waals surface area contributed by atoms with Crippen LogP contribution in [-0.2, 0) is 14.3 Å². The number of ether oxygens (including phenoxy) is 2. The molecule has 0 aromatic rings. The SMILES string of the molecule is CC(O)[C@H]1CC[C@H]2[C@@H]3CC[C@@H]4C[C@H](O[C@@H]5O[C@H](C(=O)O)[C@@H](O)[C@H](O)[C@H]5O)CC[C@]4(C)[C@H]3CC[C@]12C. The molecule has 14 atom stereocenters. The highest BCUT2D eigenvalue weighted by Gasteiger charge is 2.61. The zero-order valence-corrected chi connectivity index (χ0v) is 21.3. The Morgan fingerprint density at radius 2 is 1.60 bits per heavy atom. The molecular formula is C27H44O8. The second-order valence-electron chi connectivity index (χ2n) is 12.9. The third kappa shape index (κ3) is 4.07. The normalized spacial score (nSPS) is 54.9. The molecule has 35 heavy (non-hydrogen) atoms. The van der Waals surface area contributed by atoms with Crippen LogP contribution in [0.25, 0.3) is 0 Å². The van der Waals surface area contributed by atoms with Gasteiger partial charge in [0.15, 0.2) is 12.4 Å². The average molecular weight is 497 g/mol. The van der Waals surface area contributed by atoms with E-state index >= 15 is 0 Å². The molecule has 0 aromatic heterocycles. The van der Waals surface area contributed by atoms with E-state index in [-0.39, 0.29) is 23.0 Å². The first-order chi connectivity index (χ1) is 16.5. The van der Waals surface area contributed by atoms with Crippen molar-refractivity contribution in [1.82, 2.24) is 0 Å². The number of carbonyl (C=O) groups is 1. The largest absolute Gasteiger partial charge is 0.479 e. The molecular weight excluding hydrogens is 452 g/mol. The third-order valence-corrected chi connectivity index (χ3v) is 11.4. The highest BCUT2D eigenvalue weighted by atomic mass is 16.7. The molecule has 8 heteroatoms. The number of aliphatic hydroxyl groups is 4. The van der Waals surface area contributed by atoms with Crippen LogP contribution in [0.2, 0.25) is 0 Å². The van der Waals surface area contributed by atoms with Crippen molar-refractivity contribution in [2.75, 3.05) is 0 Å². The van der Waals surface area contributed by atoms with Crippen molar-refractivity contribution in [3.05, 3.63) is 0 Å². The van der Waals surface area contributed by atoms with Crippen molar-refractivity contribution < 1.29 is 39.8 Å². The molecule has 0 radical (unpaired) electrons. The minimum absolute atomic E-state index is 0.180. The van der Waals surface area contributed by atoms with E-state index in [1.54, 1.807) is 0 Å². The summed E-state index contributed by atoms with van der Waals surface area (Å²) in [4.78, 5) is 11.4. The Balaban J connectivity index is 1.26. The van der Waals surface area contributed by atoms with E-state index in [0.29, 0.717) is 29.6 Å². The van der Waals surface area contributed by atoms with Gasteiger partial charge in [-0.25, -0.2) is 4.79 Å². The van der Waals surface area contributed by atoms with Crippen LogP contribution in [0, 0.1) is 40.4 Å². The van der Waals surface area contributed by atoms with Crippen molar-refractivity contribution in [3.63, 3.8) is 0 Å². The van der Waals surface area contributed by atoms with Crippen LogP contribution in [-0.4, -0.2) is 74.4 Å². The predicted molar refractivity (Wildman–Crippen MR) is 126 cm³/mol. The number of hydrogen-bond donors (Lipinski definition) is 5. The number of hydrogen-bond acceptors (Lipinski definition) is 7. The van der Waals surface area contributed by atoms with Crippen molar-refractivity contribution in [2.45, 2.75) is 121 Å². The molecule has 4 aliphatic carbocycles. The number of aliphatic carboxylic acids is 1. The molecule has 0 aromatic carbocycles. The van der Waals surface area contributed by atoms with E-state index < -0.39 is 36.7 Å². The lowest BCUT2D eigenvalue weighted by Gasteiger charge is -2.61. The Bertz CT molecular complexity index is 804. The Morgan fingerprint density at radius 3 is 2.29 bits per heavy atom. The molecule has 4 saturated carbocycles. The Hall–Kier alpha value is -0.770. The molecule has 0 amide bonds. The third-order valence-electron chi connectivity index (χ3n) is 11.4. The summed E-state index contributed by atoms with van der Waals surface area (Å²) in [5.74, 6) is 1.60. The zero-order valence-electron chi connectivity index (χ0n) is 21.3. The van der Waals surface area contributed by atoms with Crippen molar-refractivity contribution in [3.8, 4) is 0 Å². The molecule has 0 bridgehead atoms. The molecule has 5 aliphatic rings. The van der Waals surface area contributed by atoms with E-state index in [0.717, 1.165) is 32.1 Å². The zero-order chi connectivity index (χ0) is 25.3. The fraction of sp³-hybridized carbons (Fsp3) is 0.963. The summed E-state index contributed by atoms with van der Waals surface area (Å²) in [6.07, 6.45) is 1.63. The summed E-state index contributed by atoms with van der Waals surface area (Å²) in [6, 6.07) is 0. The molecule has 8 nitrogen and oxygen atoms in total. The van der Waals surface area contributed by atoms with Gasteiger partial charge in [-0.1, -0.05) is 13.8 Å². The number of carboxylic acid groups (broad SMARTS) is 1. The smallest absolute Gasteiger partial charge is 0.335 e. The topological polar surface area (TPSA) is 137 Å². The lowest BCUT2D eigenvalue weighted by Crippen LogP contribution is -2.61. The maximum atomic E-state index is 11.4. The van der Waals surface area contributed by atoms with Crippen LogP contribution < -0.4 is 0 Å². The van der Waals surface area contributed by atoms with E-state index in [9.17, 15) is 30.3 Å². The van der Waals surface area contributed by atoms with Gasteiger partial charge in [0.1, 0.15) is 18.3 Å². The van der Waals surface area contributed by atoms with E-state index in [4.69, 9.17) is 9.47 Å². The van der Waals surface area contributed by atoms with Crippen molar-refractivity contribution >= 4 is 5.97 Å². The van der Waals surface area contributed by atoms with Gasteiger partial charge in [0, 0.05) is 0 Å². The van der Waals surface area contributed by atoms with Gasteiger partial charge in [-0.3, -0.25) is 0 Å². The van der Waals surface area contributed by atoms with E-state index in [1.807, 2.05) is 6.92 Å². The van der Waals surface area contributed by atoms with Crippen LogP contribution in [0.1, 0.15) is 78.6 Å². The van der Waals surface area contributed by atoms with Gasteiger partial charge < -0.3 is 35.0 Å². The standard InChI is InChI=1S/C27H44O8/c1-13(28)17-6-7-18-16-5-4-14-12-15(8-10-26(14,2)19(16)9-11-27(17,18)3)34-25-22(31)20(29)21(30)23(35-25)24(32)33/h13-23,25,28-31H,4-12H2,1-3H3,(H,32,33)/t13?,14-,15-,16+,17-,18+,19+,20+,21+,22-,23+,25-,26+,27-/m1/s1. The first-order valence-electron chi connectivity index (χ1n) is 13.7. The maximum Gasteiger partial charge on any atom is 0.335 e. The second kappa shape index (κ2) is 9.21. The predicted octanol–water partition coefficient (Wildman–Crippen LogP) is 2.30. The monoisotopic (exact) mass is 496 g/mol. The number of fused-ring (bicyclic) bond motifs is 5. The second-order valence-corrected chi connectivity index (χ2v) is 12.9. The quantitative estimate of drug-likeness (QED) is 0.374. The van der Waals surface area contributed by atoms with Crippen LogP contribution in [0.15, 0.2) is 0 Å². The van der Waals surface area contributed by atoms with Crippen LogP contribution >= 0.6 is 0 Å². The fourth-order valence-corrected chi connectivity index (χ4v) is 9.53. The van der Waals surface area contributed by atoms with Gasteiger partial charge in [0.2, 0.25) is 0 Å². The summed E-state index contributed by atoms with van der Waals surface area (Å²) < 4.78 is 11.4. The molecule has 0 spiro atoms. The Morgan fingerprint density at radius 1 is 0.914 bits per heavy atom. The van der Waals surface area contributed by atoms with Crippen LogP contribution in [0.4, 0.5) is 0 Å². The lowest BCUT2D eigenvalue weighted by molar-refractivity contribution is -0.309. The van der Waals surface area contributed by atoms with Gasteiger partial charge >= 0.3 is 5.97 Å². The first-order valence-corrected chi connectivity index (χ1v) is 13.7. The van der Waals surface area contributed by atoms with Gasteiger partial charge in [-0.2, -0.15) is 0 Å². The summed E-state index contributed by atoms with van der Waals surface area (Å²) in [7, 11) is 0. The van der Waals surface area contributed by atoms with Crippen molar-refractivity contribution in [2.24, 2.45) is 40.4 Å². The summed E-state index contributed by atoms with van der Waals surface area (Å²) in [5.41, 5.74) is 0.484. The number of rotatable bonds is 4. The van der Waals surface area contributed by atoms with Gasteiger partial charge in [0.05, 0.1) is 12.2 Å². The molecule has 5 fully saturated rings. The summed E-state index contributed by atoms with van der Waals surface area (Å²) in [5, 5.41) is 50.2. The van der Waals surface area contributed by atoms with Crippen LogP contribution in [0.3, 0.4) is 0 Å². The maximum absolute atomic E-state index is 11.4. The summed E-state index contributed by atoms with van der Waals surface area (Å²) in [6.45, 7) is 6.86. The van der Waals surface area contributed by atoms with Gasteiger partial charge in [0.25, 0.3) is 0 Å². The van der Waals surface area contributed by atoms with Gasteiger partial charge in [-0.15, -0.1) is 0 Å².